The molecule has 2 amide bonds. The maximum Gasteiger partial charge on any atom is 0.339 e. The molecule has 0 radical (unpaired) electrons. The Morgan fingerprint density at radius 1 is 0.806 bits per heavy atom. The monoisotopic (exact) mass is 488 g/mol. The van der Waals surface area contributed by atoms with Crippen LogP contribution in [0.1, 0.15) is 43.0 Å². The van der Waals surface area contributed by atoms with E-state index in [2.05, 4.69) is 10.6 Å². The van der Waals surface area contributed by atoms with Gasteiger partial charge in [-0.25, -0.2) is 4.79 Å². The summed E-state index contributed by atoms with van der Waals surface area (Å²) in [6, 6.07) is 16.9. The van der Waals surface area contributed by atoms with Crippen molar-refractivity contribution in [3.63, 3.8) is 0 Å². The first-order valence-electron chi connectivity index (χ1n) is 11.3. The molecule has 0 aliphatic rings. The van der Waals surface area contributed by atoms with E-state index in [0.717, 1.165) is 16.7 Å². The van der Waals surface area contributed by atoms with Gasteiger partial charge in [0.2, 0.25) is 5.91 Å². The summed E-state index contributed by atoms with van der Waals surface area (Å²) in [6.07, 6.45) is 0. The summed E-state index contributed by atoms with van der Waals surface area (Å²) in [4.78, 5) is 50.1. The summed E-state index contributed by atoms with van der Waals surface area (Å²) in [7, 11) is 1.49. The number of hydrogen-bond donors (Lipinski definition) is 2. The number of carbonyl (C=O) groups excluding carboxylic acids is 4. The average Bonchev–Trinajstić information content (AvgIpc) is 2.87. The number of methoxy groups -OCH3 is 1. The van der Waals surface area contributed by atoms with Crippen LogP contribution in [0.3, 0.4) is 0 Å². The maximum absolute atomic E-state index is 13.0. The van der Waals surface area contributed by atoms with E-state index in [0.29, 0.717) is 17.0 Å². The summed E-state index contributed by atoms with van der Waals surface area (Å²) in [5, 5.41) is 5.07. The highest BCUT2D eigenvalue weighted by molar-refractivity contribution is 6.14. The van der Waals surface area contributed by atoms with Gasteiger partial charge in [0.05, 0.1) is 24.9 Å². The highest BCUT2D eigenvalue weighted by atomic mass is 16.5. The number of amides is 2. The van der Waals surface area contributed by atoms with Crippen LogP contribution in [0, 0.1) is 20.8 Å². The lowest BCUT2D eigenvalue weighted by Crippen LogP contribution is -2.35. The molecule has 8 heteroatoms. The number of hydrogen-bond acceptors (Lipinski definition) is 6. The second kappa shape index (κ2) is 11.8. The highest BCUT2D eigenvalue weighted by Gasteiger charge is 2.20. The van der Waals surface area contributed by atoms with E-state index < -0.39 is 24.4 Å². The first kappa shape index (κ1) is 26.2. The van der Waals surface area contributed by atoms with Crippen molar-refractivity contribution in [3.05, 3.63) is 94.0 Å². The van der Waals surface area contributed by atoms with Gasteiger partial charge < -0.3 is 20.1 Å². The molecule has 3 aromatic rings. The number of anilines is 1. The molecule has 0 bridgehead atoms. The van der Waals surface area contributed by atoms with Crippen LogP contribution in [0.25, 0.3) is 0 Å². The predicted molar refractivity (Wildman–Crippen MR) is 135 cm³/mol. The van der Waals surface area contributed by atoms with E-state index in [1.54, 1.807) is 36.4 Å². The Morgan fingerprint density at radius 3 is 2.22 bits per heavy atom. The predicted octanol–water partition coefficient (Wildman–Crippen LogP) is 3.76. The molecule has 0 saturated heterocycles. The molecular weight excluding hydrogens is 460 g/mol. The van der Waals surface area contributed by atoms with E-state index in [-0.39, 0.29) is 23.5 Å². The largest absolute Gasteiger partial charge is 0.495 e. The lowest BCUT2D eigenvalue weighted by Gasteiger charge is -2.12. The second-order valence-electron chi connectivity index (χ2n) is 8.28. The van der Waals surface area contributed by atoms with Crippen LogP contribution in [-0.2, 0) is 14.3 Å². The zero-order chi connectivity index (χ0) is 26.2. The molecule has 0 aromatic heterocycles. The van der Waals surface area contributed by atoms with Gasteiger partial charge in [-0.1, -0.05) is 36.4 Å². The summed E-state index contributed by atoms with van der Waals surface area (Å²) in [6.45, 7) is 4.80. The van der Waals surface area contributed by atoms with Crippen LogP contribution in [0.5, 0.6) is 5.75 Å². The number of esters is 1. The maximum atomic E-state index is 13.0. The van der Waals surface area contributed by atoms with Crippen molar-refractivity contribution in [2.45, 2.75) is 20.8 Å². The Balaban J connectivity index is 1.57. The van der Waals surface area contributed by atoms with Crippen LogP contribution in [0.15, 0.2) is 60.7 Å². The molecule has 3 aromatic carbocycles. The van der Waals surface area contributed by atoms with Gasteiger partial charge in [0.15, 0.2) is 12.4 Å². The van der Waals surface area contributed by atoms with Crippen molar-refractivity contribution in [2.24, 2.45) is 0 Å². The van der Waals surface area contributed by atoms with E-state index in [9.17, 15) is 19.2 Å². The van der Waals surface area contributed by atoms with Gasteiger partial charge in [0.1, 0.15) is 5.75 Å². The molecule has 0 spiro atoms. The van der Waals surface area contributed by atoms with Crippen molar-refractivity contribution in [2.75, 3.05) is 25.6 Å². The fourth-order valence-corrected chi connectivity index (χ4v) is 3.45. The lowest BCUT2D eigenvalue weighted by atomic mass is 9.96. The smallest absolute Gasteiger partial charge is 0.339 e. The number of benzene rings is 3. The topological polar surface area (TPSA) is 111 Å². The fourth-order valence-electron chi connectivity index (χ4n) is 3.45. The third-order valence-electron chi connectivity index (χ3n) is 5.57. The Hall–Kier alpha value is -4.46. The van der Waals surface area contributed by atoms with Gasteiger partial charge in [0.25, 0.3) is 5.91 Å². The van der Waals surface area contributed by atoms with Gasteiger partial charge in [-0.2, -0.15) is 0 Å². The SMILES string of the molecule is COc1ccc(C)cc1NC(=O)CNC(=O)COC(=O)c1ccccc1C(=O)c1ccc(C)c(C)c1. The molecule has 0 aliphatic heterocycles. The van der Waals surface area contributed by atoms with E-state index in [1.807, 2.05) is 32.9 Å². The number of aryl methyl sites for hydroxylation is 3. The van der Waals surface area contributed by atoms with E-state index in [4.69, 9.17) is 9.47 Å². The summed E-state index contributed by atoms with van der Waals surface area (Å²) < 4.78 is 10.3. The van der Waals surface area contributed by atoms with Crippen molar-refractivity contribution in [1.29, 1.82) is 0 Å². The minimum Gasteiger partial charge on any atom is -0.495 e. The Labute approximate surface area is 209 Å². The van der Waals surface area contributed by atoms with Crippen LogP contribution in [-0.4, -0.2) is 43.8 Å². The first-order valence-corrected chi connectivity index (χ1v) is 11.3. The van der Waals surface area contributed by atoms with Gasteiger partial charge in [0, 0.05) is 11.1 Å². The van der Waals surface area contributed by atoms with Crippen LogP contribution in [0.2, 0.25) is 0 Å². The van der Waals surface area contributed by atoms with Gasteiger partial charge in [-0.3, -0.25) is 14.4 Å². The van der Waals surface area contributed by atoms with Crippen molar-refractivity contribution >= 4 is 29.3 Å². The molecule has 0 fully saturated rings. The highest BCUT2D eigenvalue weighted by Crippen LogP contribution is 2.25. The van der Waals surface area contributed by atoms with Crippen molar-refractivity contribution in [3.8, 4) is 5.75 Å². The van der Waals surface area contributed by atoms with Gasteiger partial charge >= 0.3 is 5.97 Å². The molecule has 0 saturated carbocycles. The Kier molecular flexibility index (Phi) is 8.57. The normalized spacial score (nSPS) is 10.3. The van der Waals surface area contributed by atoms with Gasteiger partial charge in [-0.15, -0.1) is 0 Å². The molecule has 186 valence electrons. The lowest BCUT2D eigenvalue weighted by molar-refractivity contribution is -0.126. The molecule has 0 heterocycles. The number of ketones is 1. The Bertz CT molecular complexity index is 1320. The fraction of sp³-hybridized carbons (Fsp3) is 0.214. The molecule has 3 rings (SSSR count). The average molecular weight is 489 g/mol. The molecule has 8 nitrogen and oxygen atoms in total. The number of nitrogens with one attached hydrogen (secondary N) is 2. The van der Waals surface area contributed by atoms with Crippen LogP contribution >= 0.6 is 0 Å². The zero-order valence-corrected chi connectivity index (χ0v) is 20.6. The number of carbonyl (C=O) groups is 4. The zero-order valence-electron chi connectivity index (χ0n) is 20.6. The van der Waals surface area contributed by atoms with Crippen LogP contribution < -0.4 is 15.4 Å². The summed E-state index contributed by atoms with van der Waals surface area (Å²) >= 11 is 0. The van der Waals surface area contributed by atoms with Crippen LogP contribution in [0.4, 0.5) is 5.69 Å². The number of ether oxygens (including phenoxy) is 2. The molecule has 0 atom stereocenters. The van der Waals surface area contributed by atoms with Crippen molar-refractivity contribution in [1.82, 2.24) is 5.32 Å². The van der Waals surface area contributed by atoms with E-state index >= 15 is 0 Å². The molecule has 0 unspecified atom stereocenters. The molecular formula is C28H28N2O6. The standard InChI is InChI=1S/C28H28N2O6/c1-17-9-12-24(35-4)23(13-17)30-25(31)15-29-26(32)16-36-28(34)22-8-6-5-7-21(22)27(33)20-11-10-18(2)19(3)14-20/h5-14H,15-16H2,1-4H3,(H,29,32)(H,30,31). The quantitative estimate of drug-likeness (QED) is 0.351. The number of rotatable bonds is 9. The summed E-state index contributed by atoms with van der Waals surface area (Å²) in [5.41, 5.74) is 4.11. The molecule has 2 N–H and O–H groups in total. The first-order chi connectivity index (χ1) is 17.2. The minimum atomic E-state index is -0.813. The van der Waals surface area contributed by atoms with Gasteiger partial charge in [-0.05, 0) is 61.7 Å². The Morgan fingerprint density at radius 2 is 1.53 bits per heavy atom. The van der Waals surface area contributed by atoms with Crippen molar-refractivity contribution < 1.29 is 28.7 Å². The third kappa shape index (κ3) is 6.56. The molecule has 0 aliphatic carbocycles. The summed E-state index contributed by atoms with van der Waals surface area (Å²) in [5.74, 6) is -1.77. The van der Waals surface area contributed by atoms with E-state index in [1.165, 1.54) is 19.2 Å². The third-order valence-corrected chi connectivity index (χ3v) is 5.57. The second-order valence-corrected chi connectivity index (χ2v) is 8.28. The molecule has 36 heavy (non-hydrogen) atoms. The minimum absolute atomic E-state index is 0.0535.